The van der Waals surface area contributed by atoms with Crippen molar-refractivity contribution in [1.29, 1.82) is 0 Å². The average molecular weight is 424 g/mol. The number of benzene rings is 2. The van der Waals surface area contributed by atoms with Crippen molar-refractivity contribution in [3.8, 4) is 0 Å². The summed E-state index contributed by atoms with van der Waals surface area (Å²) in [5, 5.41) is 10.7. The Hall–Kier alpha value is -2.99. The number of rotatable bonds is 6. The molecule has 0 aromatic heterocycles. The van der Waals surface area contributed by atoms with Gasteiger partial charge in [-0.25, -0.2) is 16.8 Å². The largest absolute Gasteiger partial charge is 0.280 e. The second-order valence-electron chi connectivity index (χ2n) is 5.92. The summed E-state index contributed by atoms with van der Waals surface area (Å²) in [6, 6.07) is 9.65. The quantitative estimate of drug-likeness (QED) is 0.534. The van der Waals surface area contributed by atoms with Crippen LogP contribution in [0, 0.1) is 10.1 Å². The van der Waals surface area contributed by atoms with E-state index in [0.717, 1.165) is 30.7 Å². The van der Waals surface area contributed by atoms with E-state index < -0.39 is 25.0 Å². The molecule has 0 bridgehead atoms. The van der Waals surface area contributed by atoms with Crippen molar-refractivity contribution in [3.05, 3.63) is 58.6 Å². The average Bonchev–Trinajstić information content (AvgIpc) is 3.14. The highest BCUT2D eigenvalue weighted by Gasteiger charge is 2.20. The molecule has 0 fully saturated rings. The molecule has 2 N–H and O–H groups in total. The van der Waals surface area contributed by atoms with E-state index in [1.165, 1.54) is 24.3 Å². The maximum Gasteiger partial charge on any atom is 0.269 e. The van der Waals surface area contributed by atoms with Crippen LogP contribution in [0.25, 0.3) is 0 Å². The van der Waals surface area contributed by atoms with Gasteiger partial charge in [-0.15, -0.1) is 0 Å². The monoisotopic (exact) mass is 424 g/mol. The normalized spacial score (nSPS) is 14.4. The van der Waals surface area contributed by atoms with Crippen molar-refractivity contribution in [1.82, 2.24) is 4.72 Å². The summed E-state index contributed by atoms with van der Waals surface area (Å²) < 4.78 is 54.5. The molecule has 10 nitrogen and oxygen atoms in total. The van der Waals surface area contributed by atoms with Gasteiger partial charge in [-0.05, 0) is 36.8 Å². The maximum atomic E-state index is 12.5. The number of nitrogens with one attached hydrogen (secondary N) is 2. The molecule has 0 spiro atoms. The van der Waals surface area contributed by atoms with Gasteiger partial charge in [0.25, 0.3) is 25.7 Å². The van der Waals surface area contributed by atoms with Crippen LogP contribution in [0.5, 0.6) is 0 Å². The number of anilines is 1. The summed E-state index contributed by atoms with van der Waals surface area (Å²) in [5.74, 6) is 0.372. The van der Waals surface area contributed by atoms with Crippen LogP contribution < -0.4 is 9.44 Å². The van der Waals surface area contributed by atoms with Crippen molar-refractivity contribution >= 4 is 37.3 Å². The Morgan fingerprint density at radius 2 is 1.61 bits per heavy atom. The lowest BCUT2D eigenvalue weighted by Crippen LogP contribution is -2.29. The van der Waals surface area contributed by atoms with Crippen LogP contribution >= 0.6 is 0 Å². The number of non-ortho nitro benzene ring substituents is 1. The summed E-state index contributed by atoms with van der Waals surface area (Å²) in [6.07, 6.45) is 1.30. The molecule has 1 heterocycles. The lowest BCUT2D eigenvalue weighted by atomic mass is 10.3. The zero-order valence-corrected chi connectivity index (χ0v) is 16.0. The molecule has 1 aliphatic heterocycles. The van der Waals surface area contributed by atoms with Crippen LogP contribution in [-0.2, 0) is 20.0 Å². The molecule has 0 saturated carbocycles. The fourth-order valence-electron chi connectivity index (χ4n) is 2.52. The predicted octanol–water partition coefficient (Wildman–Crippen LogP) is 1.87. The molecule has 0 amide bonds. The lowest BCUT2D eigenvalue weighted by molar-refractivity contribution is -0.384. The minimum Gasteiger partial charge on any atom is -0.280 e. The highest BCUT2D eigenvalue weighted by Crippen LogP contribution is 2.21. The fraction of sp³-hybridized carbons (Fsp3) is 0.188. The van der Waals surface area contributed by atoms with Crippen molar-refractivity contribution < 1.29 is 21.8 Å². The molecule has 28 heavy (non-hydrogen) atoms. The number of hydrogen-bond donors (Lipinski definition) is 2. The number of aliphatic imine (C=N–C) groups is 1. The Balaban J connectivity index is 1.82. The van der Waals surface area contributed by atoms with Gasteiger partial charge in [0, 0.05) is 25.1 Å². The van der Waals surface area contributed by atoms with Crippen LogP contribution in [0.1, 0.15) is 12.8 Å². The molecule has 0 saturated heterocycles. The Labute approximate surface area is 161 Å². The zero-order chi connectivity index (χ0) is 20.4. The van der Waals surface area contributed by atoms with Crippen molar-refractivity contribution in [2.45, 2.75) is 22.6 Å². The third-order valence-electron chi connectivity index (χ3n) is 3.88. The van der Waals surface area contributed by atoms with Crippen LogP contribution in [-0.4, -0.2) is 34.1 Å². The van der Waals surface area contributed by atoms with Gasteiger partial charge in [0.2, 0.25) is 0 Å². The summed E-state index contributed by atoms with van der Waals surface area (Å²) in [6.45, 7) is 0.562. The Bertz CT molecular complexity index is 1140. The first-order chi connectivity index (χ1) is 13.2. The van der Waals surface area contributed by atoms with Gasteiger partial charge in [-0.2, -0.15) is 0 Å². The predicted molar refractivity (Wildman–Crippen MR) is 102 cm³/mol. The van der Waals surface area contributed by atoms with Crippen LogP contribution in [0.3, 0.4) is 0 Å². The zero-order valence-electron chi connectivity index (χ0n) is 14.4. The van der Waals surface area contributed by atoms with E-state index in [9.17, 15) is 26.9 Å². The molecule has 1 aliphatic rings. The van der Waals surface area contributed by atoms with Crippen LogP contribution in [0.4, 0.5) is 11.4 Å². The maximum absolute atomic E-state index is 12.5. The second-order valence-corrected chi connectivity index (χ2v) is 9.29. The number of amidine groups is 1. The van der Waals surface area contributed by atoms with E-state index in [2.05, 4.69) is 14.4 Å². The second kappa shape index (κ2) is 7.56. The third kappa shape index (κ3) is 4.46. The summed E-state index contributed by atoms with van der Waals surface area (Å²) in [7, 11) is -7.94. The Morgan fingerprint density at radius 1 is 0.929 bits per heavy atom. The van der Waals surface area contributed by atoms with Crippen LogP contribution in [0.15, 0.2) is 63.3 Å². The molecule has 0 unspecified atom stereocenters. The van der Waals surface area contributed by atoms with Gasteiger partial charge < -0.3 is 0 Å². The van der Waals surface area contributed by atoms with E-state index in [4.69, 9.17) is 0 Å². The molecule has 148 valence electrons. The van der Waals surface area contributed by atoms with Gasteiger partial charge in [0.05, 0.1) is 20.4 Å². The molecule has 3 rings (SSSR count). The smallest absolute Gasteiger partial charge is 0.269 e. The lowest BCUT2D eigenvalue weighted by Gasteiger charge is -2.11. The van der Waals surface area contributed by atoms with Gasteiger partial charge >= 0.3 is 0 Å². The molecule has 2 aromatic carbocycles. The first-order valence-electron chi connectivity index (χ1n) is 8.11. The molecule has 0 radical (unpaired) electrons. The topological polar surface area (TPSA) is 148 Å². The standard InChI is InChI=1S/C16H16N4O6S2/c21-20(22)13-6-8-14(9-7-13)27(23,24)18-12-3-1-4-15(11-12)28(25,26)19-16-5-2-10-17-16/h1,3-4,6-9,11,18H,2,5,10H2,(H,17,19). The summed E-state index contributed by atoms with van der Waals surface area (Å²) >= 11 is 0. The molecular weight excluding hydrogens is 408 g/mol. The summed E-state index contributed by atoms with van der Waals surface area (Å²) in [5.41, 5.74) is -0.206. The number of hydrogen-bond acceptors (Lipinski definition) is 7. The van der Waals surface area contributed by atoms with Crippen molar-refractivity contribution in [2.24, 2.45) is 4.99 Å². The summed E-state index contributed by atoms with van der Waals surface area (Å²) in [4.78, 5) is 13.8. The highest BCUT2D eigenvalue weighted by atomic mass is 32.2. The first kappa shape index (κ1) is 19.8. The molecule has 0 atom stereocenters. The molecular formula is C16H16N4O6S2. The number of sulfonamides is 2. The van der Waals surface area contributed by atoms with Gasteiger partial charge in [-0.1, -0.05) is 6.07 Å². The van der Waals surface area contributed by atoms with Crippen molar-refractivity contribution in [2.75, 3.05) is 11.3 Å². The first-order valence-corrected chi connectivity index (χ1v) is 11.1. The van der Waals surface area contributed by atoms with E-state index >= 15 is 0 Å². The minimum atomic E-state index is -4.05. The fourth-order valence-corrected chi connectivity index (χ4v) is 4.71. The number of nitro benzene ring substituents is 1. The number of nitro groups is 1. The van der Waals surface area contributed by atoms with E-state index in [-0.39, 0.29) is 21.2 Å². The van der Waals surface area contributed by atoms with Gasteiger partial charge in [-0.3, -0.25) is 24.6 Å². The van der Waals surface area contributed by atoms with Crippen LogP contribution in [0.2, 0.25) is 0 Å². The van der Waals surface area contributed by atoms with Gasteiger partial charge in [0.1, 0.15) is 5.84 Å². The molecule has 0 aliphatic carbocycles. The van der Waals surface area contributed by atoms with E-state index in [0.29, 0.717) is 18.8 Å². The van der Waals surface area contributed by atoms with Gasteiger partial charge in [0.15, 0.2) is 0 Å². The highest BCUT2D eigenvalue weighted by molar-refractivity contribution is 7.92. The van der Waals surface area contributed by atoms with E-state index in [1.807, 2.05) is 0 Å². The third-order valence-corrected chi connectivity index (χ3v) is 6.66. The number of nitrogens with zero attached hydrogens (tertiary/aromatic N) is 2. The molecule has 2 aromatic rings. The Morgan fingerprint density at radius 3 is 2.21 bits per heavy atom. The molecule has 12 heteroatoms. The van der Waals surface area contributed by atoms with E-state index in [1.54, 1.807) is 0 Å². The van der Waals surface area contributed by atoms with Crippen molar-refractivity contribution in [3.63, 3.8) is 0 Å². The minimum absolute atomic E-state index is 0.0367. The SMILES string of the molecule is O=[N+]([O-])c1ccc(S(=O)(=O)Nc2cccc(S(=O)(=O)NC3=NCCC3)c2)cc1. The Kier molecular flexibility index (Phi) is 5.34.